The van der Waals surface area contributed by atoms with Crippen LogP contribution in [-0.2, 0) is 5.41 Å². The molecule has 2 aromatic rings. The molecule has 0 aromatic heterocycles. The van der Waals surface area contributed by atoms with Crippen molar-refractivity contribution in [3.05, 3.63) is 65.7 Å². The van der Waals surface area contributed by atoms with Crippen LogP contribution in [0.5, 0.6) is 5.75 Å². The Kier molecular flexibility index (Phi) is 5.97. The lowest BCUT2D eigenvalue weighted by atomic mass is 9.80. The maximum Gasteiger partial charge on any atom is 0.343 e. The highest BCUT2D eigenvalue weighted by atomic mass is 16.5. The maximum atomic E-state index is 12.0. The van der Waals surface area contributed by atoms with E-state index in [2.05, 4.69) is 32.9 Å². The van der Waals surface area contributed by atoms with Crippen molar-refractivity contribution < 1.29 is 9.53 Å². The lowest BCUT2D eigenvalue weighted by Gasteiger charge is -2.25. The van der Waals surface area contributed by atoms with Gasteiger partial charge in [0.2, 0.25) is 0 Å². The first-order valence-electron chi connectivity index (χ1n) is 8.41. The molecule has 0 aliphatic carbocycles. The number of carbonyl (C=O) groups is 1. The summed E-state index contributed by atoms with van der Waals surface area (Å²) in [5.41, 5.74) is 2.00. The molecule has 2 rings (SSSR count). The zero-order valence-corrected chi connectivity index (χ0v) is 14.3. The van der Waals surface area contributed by atoms with Gasteiger partial charge in [-0.25, -0.2) is 4.79 Å². The van der Waals surface area contributed by atoms with E-state index >= 15 is 0 Å². The number of esters is 1. The average Bonchev–Trinajstić information content (AvgIpc) is 2.56. The highest BCUT2D eigenvalue weighted by molar-refractivity contribution is 5.90. The van der Waals surface area contributed by atoms with Crippen LogP contribution in [0.4, 0.5) is 0 Å². The zero-order chi connectivity index (χ0) is 16.7. The van der Waals surface area contributed by atoms with Crippen molar-refractivity contribution in [1.82, 2.24) is 0 Å². The predicted octanol–water partition coefficient (Wildman–Crippen LogP) is 5.76. The van der Waals surface area contributed by atoms with E-state index in [1.54, 1.807) is 12.1 Å². The molecule has 23 heavy (non-hydrogen) atoms. The van der Waals surface area contributed by atoms with Gasteiger partial charge in [-0.1, -0.05) is 70.4 Å². The summed E-state index contributed by atoms with van der Waals surface area (Å²) in [6, 6.07) is 17.0. The van der Waals surface area contributed by atoms with Crippen LogP contribution in [0.25, 0.3) is 0 Å². The van der Waals surface area contributed by atoms with Crippen LogP contribution >= 0.6 is 0 Å². The third-order valence-electron chi connectivity index (χ3n) is 4.26. The normalized spacial score (nSPS) is 11.3. The second-order valence-electron chi connectivity index (χ2n) is 6.62. The minimum atomic E-state index is -0.319. The molecule has 0 atom stereocenters. The van der Waals surface area contributed by atoms with Gasteiger partial charge in [0, 0.05) is 0 Å². The highest BCUT2D eigenvalue weighted by Crippen LogP contribution is 2.30. The molecule has 0 aliphatic heterocycles. The highest BCUT2D eigenvalue weighted by Gasteiger charge is 2.20. The fraction of sp³-hybridized carbons (Fsp3) is 0.381. The van der Waals surface area contributed by atoms with E-state index in [1.165, 1.54) is 31.2 Å². The molecule has 2 heteroatoms. The summed E-state index contributed by atoms with van der Waals surface area (Å²) >= 11 is 0. The Morgan fingerprint density at radius 1 is 0.957 bits per heavy atom. The van der Waals surface area contributed by atoms with Gasteiger partial charge in [0.05, 0.1) is 5.56 Å². The molecule has 0 fully saturated rings. The third kappa shape index (κ3) is 4.95. The SMILES string of the molecule is CCCCCC(C)(C)c1ccc(OC(=O)c2ccccc2)cc1. The Balaban J connectivity index is 2.00. The lowest BCUT2D eigenvalue weighted by molar-refractivity contribution is 0.0734. The Hall–Kier alpha value is -2.09. The van der Waals surface area contributed by atoms with Crippen LogP contribution in [0.1, 0.15) is 62.4 Å². The van der Waals surface area contributed by atoms with Gasteiger partial charge in [0.1, 0.15) is 5.75 Å². The number of carbonyl (C=O) groups excluding carboxylic acids is 1. The molecule has 0 bridgehead atoms. The van der Waals surface area contributed by atoms with Crippen LogP contribution in [0.3, 0.4) is 0 Å². The van der Waals surface area contributed by atoms with Crippen molar-refractivity contribution in [3.63, 3.8) is 0 Å². The molecular weight excluding hydrogens is 284 g/mol. The molecular formula is C21H26O2. The van der Waals surface area contributed by atoms with Crippen molar-refractivity contribution >= 4 is 5.97 Å². The molecule has 0 saturated heterocycles. The summed E-state index contributed by atoms with van der Waals surface area (Å²) in [5, 5.41) is 0. The van der Waals surface area contributed by atoms with Gasteiger partial charge >= 0.3 is 5.97 Å². The Labute approximate surface area is 139 Å². The van der Waals surface area contributed by atoms with Crippen LogP contribution in [0, 0.1) is 0 Å². The monoisotopic (exact) mass is 310 g/mol. The average molecular weight is 310 g/mol. The number of ether oxygens (including phenoxy) is 1. The predicted molar refractivity (Wildman–Crippen MR) is 95.0 cm³/mol. The largest absolute Gasteiger partial charge is 0.423 e. The van der Waals surface area contributed by atoms with Crippen molar-refractivity contribution in [2.24, 2.45) is 0 Å². The number of unbranched alkanes of at least 4 members (excludes halogenated alkanes) is 2. The molecule has 2 aromatic carbocycles. The molecule has 2 nitrogen and oxygen atoms in total. The van der Waals surface area contributed by atoms with Gasteiger partial charge in [-0.05, 0) is 41.7 Å². The van der Waals surface area contributed by atoms with Gasteiger partial charge < -0.3 is 4.74 Å². The molecule has 0 aliphatic rings. The van der Waals surface area contributed by atoms with Crippen molar-refractivity contribution in [2.45, 2.75) is 51.9 Å². The maximum absolute atomic E-state index is 12.0. The summed E-state index contributed by atoms with van der Waals surface area (Å²) in [6.45, 7) is 6.77. The summed E-state index contributed by atoms with van der Waals surface area (Å²) in [6.07, 6.45) is 4.93. The standard InChI is InChI=1S/C21H26O2/c1-4-5-9-16-21(2,3)18-12-14-19(15-13-18)23-20(22)17-10-7-6-8-11-17/h6-8,10-15H,4-5,9,16H2,1-3H3. The third-order valence-corrected chi connectivity index (χ3v) is 4.26. The van der Waals surface area contributed by atoms with E-state index < -0.39 is 0 Å². The lowest BCUT2D eigenvalue weighted by Crippen LogP contribution is -2.17. The number of benzene rings is 2. The Bertz CT molecular complexity index is 612. The van der Waals surface area contributed by atoms with Gasteiger partial charge in [0.15, 0.2) is 0 Å². The Morgan fingerprint density at radius 3 is 2.22 bits per heavy atom. The first-order chi connectivity index (χ1) is 11.0. The second-order valence-corrected chi connectivity index (χ2v) is 6.62. The molecule has 0 spiro atoms. The second kappa shape index (κ2) is 7.96. The molecule has 0 radical (unpaired) electrons. The Morgan fingerprint density at radius 2 is 1.61 bits per heavy atom. The van der Waals surface area contributed by atoms with Crippen LogP contribution < -0.4 is 4.74 Å². The van der Waals surface area contributed by atoms with Gasteiger partial charge in [-0.15, -0.1) is 0 Å². The van der Waals surface area contributed by atoms with E-state index in [9.17, 15) is 4.79 Å². The van der Waals surface area contributed by atoms with E-state index in [4.69, 9.17) is 4.74 Å². The summed E-state index contributed by atoms with van der Waals surface area (Å²) in [5.74, 6) is 0.271. The molecule has 0 heterocycles. The van der Waals surface area contributed by atoms with E-state index in [0.29, 0.717) is 11.3 Å². The van der Waals surface area contributed by atoms with Crippen molar-refractivity contribution in [2.75, 3.05) is 0 Å². The quantitative estimate of drug-likeness (QED) is 0.369. The van der Waals surface area contributed by atoms with E-state index in [1.807, 2.05) is 30.3 Å². The molecule has 122 valence electrons. The first kappa shape index (κ1) is 17.3. The number of hydrogen-bond acceptors (Lipinski definition) is 2. The number of rotatable bonds is 7. The summed E-state index contributed by atoms with van der Waals surface area (Å²) in [4.78, 5) is 12.0. The van der Waals surface area contributed by atoms with Crippen LogP contribution in [0.2, 0.25) is 0 Å². The fourth-order valence-corrected chi connectivity index (χ4v) is 2.68. The minimum Gasteiger partial charge on any atom is -0.423 e. The van der Waals surface area contributed by atoms with Crippen molar-refractivity contribution in [3.8, 4) is 5.75 Å². The summed E-state index contributed by atoms with van der Waals surface area (Å²) < 4.78 is 5.43. The number of hydrogen-bond donors (Lipinski definition) is 0. The van der Waals surface area contributed by atoms with Gasteiger partial charge in [-0.3, -0.25) is 0 Å². The first-order valence-corrected chi connectivity index (χ1v) is 8.41. The molecule has 0 N–H and O–H groups in total. The van der Waals surface area contributed by atoms with E-state index in [-0.39, 0.29) is 11.4 Å². The van der Waals surface area contributed by atoms with E-state index in [0.717, 1.165) is 0 Å². The molecule has 0 unspecified atom stereocenters. The van der Waals surface area contributed by atoms with Crippen LogP contribution in [-0.4, -0.2) is 5.97 Å². The van der Waals surface area contributed by atoms with Crippen LogP contribution in [0.15, 0.2) is 54.6 Å². The smallest absolute Gasteiger partial charge is 0.343 e. The minimum absolute atomic E-state index is 0.150. The summed E-state index contributed by atoms with van der Waals surface area (Å²) in [7, 11) is 0. The molecule has 0 saturated carbocycles. The topological polar surface area (TPSA) is 26.3 Å². The molecule has 0 amide bonds. The van der Waals surface area contributed by atoms with Gasteiger partial charge in [0.25, 0.3) is 0 Å². The van der Waals surface area contributed by atoms with Gasteiger partial charge in [-0.2, -0.15) is 0 Å². The fourth-order valence-electron chi connectivity index (χ4n) is 2.68. The van der Waals surface area contributed by atoms with Crippen molar-refractivity contribution in [1.29, 1.82) is 0 Å². The zero-order valence-electron chi connectivity index (χ0n) is 14.3.